The molecular formula is C10H12FN5. The quantitative estimate of drug-likeness (QED) is 0.776. The fourth-order valence-corrected chi connectivity index (χ4v) is 1.98. The van der Waals surface area contributed by atoms with E-state index in [1.165, 1.54) is 0 Å². The van der Waals surface area contributed by atoms with Gasteiger partial charge in [0, 0.05) is 12.7 Å². The minimum Gasteiger partial charge on any atom is -0.394 e. The number of anilines is 2. The maximum Gasteiger partial charge on any atom is 0.180 e. The van der Waals surface area contributed by atoms with Crippen molar-refractivity contribution in [2.75, 3.05) is 23.7 Å². The number of fused-ring (bicyclic) bond motifs is 1. The summed E-state index contributed by atoms with van der Waals surface area (Å²) in [6.45, 7) is 1.12. The smallest absolute Gasteiger partial charge is 0.180 e. The number of alkyl halides is 1. The molecule has 5 nitrogen and oxygen atoms in total. The van der Waals surface area contributed by atoms with Crippen molar-refractivity contribution in [1.82, 2.24) is 14.6 Å². The molecule has 0 spiro atoms. The van der Waals surface area contributed by atoms with Crippen molar-refractivity contribution in [1.29, 1.82) is 0 Å². The van der Waals surface area contributed by atoms with E-state index >= 15 is 0 Å². The number of nitrogens with two attached hydrogens (primary N) is 1. The summed E-state index contributed by atoms with van der Waals surface area (Å²) in [5.74, 6) is 0.764. The first-order valence-electron chi connectivity index (χ1n) is 5.23. The molecular weight excluding hydrogens is 209 g/mol. The van der Waals surface area contributed by atoms with Crippen LogP contribution in [-0.4, -0.2) is 33.9 Å². The third-order valence-electron chi connectivity index (χ3n) is 2.84. The van der Waals surface area contributed by atoms with E-state index in [9.17, 15) is 4.39 Å². The molecule has 2 N–H and O–H groups in total. The van der Waals surface area contributed by atoms with Gasteiger partial charge in [-0.05, 0) is 12.5 Å². The summed E-state index contributed by atoms with van der Waals surface area (Å²) in [5.41, 5.74) is 6.90. The average Bonchev–Trinajstić information content (AvgIpc) is 2.86. The van der Waals surface area contributed by atoms with Crippen molar-refractivity contribution < 1.29 is 4.39 Å². The second-order valence-electron chi connectivity index (χ2n) is 3.99. The van der Waals surface area contributed by atoms with Crippen LogP contribution < -0.4 is 10.6 Å². The number of rotatable bonds is 1. The first-order valence-corrected chi connectivity index (χ1v) is 5.23. The van der Waals surface area contributed by atoms with Gasteiger partial charge in [0.1, 0.15) is 12.0 Å². The van der Waals surface area contributed by atoms with Crippen LogP contribution in [0, 0.1) is 0 Å². The number of halogens is 1. The molecule has 1 atom stereocenters. The van der Waals surface area contributed by atoms with Crippen LogP contribution in [0.3, 0.4) is 0 Å². The second kappa shape index (κ2) is 3.33. The molecule has 3 heterocycles. The third-order valence-corrected chi connectivity index (χ3v) is 2.84. The van der Waals surface area contributed by atoms with Crippen LogP contribution in [-0.2, 0) is 0 Å². The van der Waals surface area contributed by atoms with Gasteiger partial charge in [-0.3, -0.25) is 0 Å². The van der Waals surface area contributed by atoms with Crippen molar-refractivity contribution in [3.63, 3.8) is 0 Å². The minimum absolute atomic E-state index is 0.414. The summed E-state index contributed by atoms with van der Waals surface area (Å²) in [5, 5.41) is 4.04. The van der Waals surface area contributed by atoms with Crippen LogP contribution in [0.1, 0.15) is 6.42 Å². The van der Waals surface area contributed by atoms with Crippen molar-refractivity contribution in [3.8, 4) is 0 Å². The van der Waals surface area contributed by atoms with Crippen molar-refractivity contribution in [2.45, 2.75) is 12.6 Å². The lowest BCUT2D eigenvalue weighted by molar-refractivity contribution is 0.364. The van der Waals surface area contributed by atoms with Gasteiger partial charge in [0.15, 0.2) is 5.65 Å². The van der Waals surface area contributed by atoms with Gasteiger partial charge in [0.25, 0.3) is 0 Å². The Bertz CT molecular complexity index is 523. The summed E-state index contributed by atoms with van der Waals surface area (Å²) in [4.78, 5) is 6.31. The maximum absolute atomic E-state index is 13.1. The lowest BCUT2D eigenvalue weighted by atomic mass is 10.3. The molecule has 2 aromatic heterocycles. The van der Waals surface area contributed by atoms with Gasteiger partial charge in [-0.25, -0.2) is 13.9 Å². The standard InChI is InChI=1S/C10H12FN5/c11-7-1-3-15(6-7)9-2-4-16-10(14-9)8(12)5-13-16/h2,4-5,7H,1,3,6,12H2. The van der Waals surface area contributed by atoms with E-state index in [2.05, 4.69) is 10.1 Å². The molecule has 2 aromatic rings. The molecule has 6 heteroatoms. The zero-order valence-electron chi connectivity index (χ0n) is 8.67. The second-order valence-corrected chi connectivity index (χ2v) is 3.99. The molecule has 16 heavy (non-hydrogen) atoms. The van der Waals surface area contributed by atoms with E-state index in [-0.39, 0.29) is 0 Å². The fourth-order valence-electron chi connectivity index (χ4n) is 1.98. The molecule has 1 saturated heterocycles. The predicted molar refractivity (Wildman–Crippen MR) is 59.1 cm³/mol. The van der Waals surface area contributed by atoms with Crippen molar-refractivity contribution in [3.05, 3.63) is 18.5 Å². The Morgan fingerprint density at radius 1 is 1.50 bits per heavy atom. The lowest BCUT2D eigenvalue weighted by Crippen LogP contribution is -2.21. The number of aromatic nitrogens is 3. The Morgan fingerprint density at radius 2 is 2.38 bits per heavy atom. The molecule has 1 aliphatic rings. The Morgan fingerprint density at radius 3 is 3.12 bits per heavy atom. The average molecular weight is 221 g/mol. The summed E-state index contributed by atoms with van der Waals surface area (Å²) >= 11 is 0. The third kappa shape index (κ3) is 1.37. The van der Waals surface area contributed by atoms with E-state index in [0.717, 1.165) is 5.82 Å². The molecule has 1 aliphatic heterocycles. The van der Waals surface area contributed by atoms with Crippen LogP contribution in [0.2, 0.25) is 0 Å². The zero-order valence-corrected chi connectivity index (χ0v) is 8.67. The summed E-state index contributed by atoms with van der Waals surface area (Å²) in [7, 11) is 0. The molecule has 1 unspecified atom stereocenters. The maximum atomic E-state index is 13.1. The number of hydrogen-bond donors (Lipinski definition) is 1. The molecule has 84 valence electrons. The van der Waals surface area contributed by atoms with E-state index in [1.54, 1.807) is 16.9 Å². The molecule has 1 fully saturated rings. The molecule has 0 aromatic carbocycles. The van der Waals surface area contributed by atoms with Crippen LogP contribution in [0.25, 0.3) is 5.65 Å². The zero-order chi connectivity index (χ0) is 11.1. The number of nitrogens with zero attached hydrogens (tertiary/aromatic N) is 4. The first-order chi connectivity index (χ1) is 7.74. The highest BCUT2D eigenvalue weighted by Crippen LogP contribution is 2.21. The lowest BCUT2D eigenvalue weighted by Gasteiger charge is -2.15. The normalized spacial score (nSPS) is 20.8. The molecule has 0 aliphatic carbocycles. The van der Waals surface area contributed by atoms with Crippen LogP contribution >= 0.6 is 0 Å². The summed E-state index contributed by atoms with van der Waals surface area (Å²) < 4.78 is 14.7. The van der Waals surface area contributed by atoms with Gasteiger partial charge in [-0.2, -0.15) is 5.10 Å². The fraction of sp³-hybridized carbons (Fsp3) is 0.400. The summed E-state index contributed by atoms with van der Waals surface area (Å²) in [6.07, 6.45) is 3.18. The van der Waals surface area contributed by atoms with Gasteiger partial charge < -0.3 is 10.6 Å². The van der Waals surface area contributed by atoms with Crippen LogP contribution in [0.4, 0.5) is 15.9 Å². The molecule has 0 bridgehead atoms. The van der Waals surface area contributed by atoms with E-state index in [4.69, 9.17) is 5.73 Å². The van der Waals surface area contributed by atoms with Crippen LogP contribution in [0.15, 0.2) is 18.5 Å². The van der Waals surface area contributed by atoms with Gasteiger partial charge in [-0.1, -0.05) is 0 Å². The Labute approximate surface area is 91.7 Å². The van der Waals surface area contributed by atoms with E-state index in [0.29, 0.717) is 30.8 Å². The van der Waals surface area contributed by atoms with Crippen molar-refractivity contribution in [2.24, 2.45) is 0 Å². The molecule has 0 radical (unpaired) electrons. The highest BCUT2D eigenvalue weighted by molar-refractivity contribution is 5.65. The first kappa shape index (κ1) is 9.38. The molecule has 0 saturated carbocycles. The van der Waals surface area contributed by atoms with Gasteiger partial charge in [-0.15, -0.1) is 0 Å². The van der Waals surface area contributed by atoms with Crippen molar-refractivity contribution >= 4 is 17.2 Å². The van der Waals surface area contributed by atoms with Crippen LogP contribution in [0.5, 0.6) is 0 Å². The van der Waals surface area contributed by atoms with Gasteiger partial charge in [0.2, 0.25) is 0 Å². The number of hydrogen-bond acceptors (Lipinski definition) is 4. The van der Waals surface area contributed by atoms with E-state index < -0.39 is 6.17 Å². The Kier molecular flexibility index (Phi) is 1.95. The Hall–Kier alpha value is -1.85. The predicted octanol–water partition coefficient (Wildman–Crippen LogP) is 0.860. The molecule has 3 rings (SSSR count). The SMILES string of the molecule is Nc1cnn2ccc(N3CCC(F)C3)nc12. The largest absolute Gasteiger partial charge is 0.394 e. The minimum atomic E-state index is -0.750. The van der Waals surface area contributed by atoms with E-state index in [1.807, 2.05) is 11.0 Å². The summed E-state index contributed by atoms with van der Waals surface area (Å²) in [6, 6.07) is 1.83. The highest BCUT2D eigenvalue weighted by Gasteiger charge is 2.23. The van der Waals surface area contributed by atoms with Gasteiger partial charge in [0.05, 0.1) is 18.4 Å². The monoisotopic (exact) mass is 221 g/mol. The number of nitrogen functional groups attached to an aromatic ring is 1. The topological polar surface area (TPSA) is 59.4 Å². The Balaban J connectivity index is 2.01. The molecule has 0 amide bonds. The van der Waals surface area contributed by atoms with Gasteiger partial charge >= 0.3 is 0 Å². The highest BCUT2D eigenvalue weighted by atomic mass is 19.1.